The average Bonchev–Trinajstić information content (AvgIpc) is 2.89. The molecule has 0 unspecified atom stereocenters. The van der Waals surface area contributed by atoms with Gasteiger partial charge >= 0.3 is 0 Å². The molecule has 2 rings (SSSR count). The van der Waals surface area contributed by atoms with Crippen LogP contribution < -0.4 is 4.74 Å². The first-order chi connectivity index (χ1) is 8.97. The van der Waals surface area contributed by atoms with Crippen LogP contribution >= 0.6 is 0 Å². The molecule has 0 radical (unpaired) electrons. The molecule has 0 bridgehead atoms. The fourth-order valence-electron chi connectivity index (χ4n) is 2.19. The number of methoxy groups -OCH3 is 1. The second-order valence-corrected chi connectivity index (χ2v) is 5.74. The second-order valence-electron chi connectivity index (χ2n) is 5.74. The minimum Gasteiger partial charge on any atom is -0.494 e. The number of benzene rings is 1. The van der Waals surface area contributed by atoms with Gasteiger partial charge in [-0.2, -0.15) is 5.10 Å². The van der Waals surface area contributed by atoms with Gasteiger partial charge in [0.1, 0.15) is 11.4 Å². The van der Waals surface area contributed by atoms with E-state index in [1.165, 1.54) is 11.1 Å². The molecular formula is C16H22N2O. The van der Waals surface area contributed by atoms with Crippen molar-refractivity contribution in [2.75, 3.05) is 7.11 Å². The van der Waals surface area contributed by atoms with Crippen LogP contribution in [0.5, 0.6) is 5.75 Å². The second kappa shape index (κ2) is 5.08. The molecule has 0 spiro atoms. The van der Waals surface area contributed by atoms with Crippen LogP contribution in [0.3, 0.4) is 0 Å². The van der Waals surface area contributed by atoms with E-state index in [-0.39, 0.29) is 5.41 Å². The van der Waals surface area contributed by atoms with E-state index in [1.54, 1.807) is 13.3 Å². The summed E-state index contributed by atoms with van der Waals surface area (Å²) in [5.74, 6) is 0.916. The minimum atomic E-state index is 0.109. The van der Waals surface area contributed by atoms with Crippen LogP contribution in [0.2, 0.25) is 0 Å². The van der Waals surface area contributed by atoms with Crippen LogP contribution in [0.15, 0.2) is 30.6 Å². The van der Waals surface area contributed by atoms with Crippen LogP contribution in [0.25, 0.3) is 5.69 Å². The maximum absolute atomic E-state index is 5.60. The van der Waals surface area contributed by atoms with Gasteiger partial charge in [-0.1, -0.05) is 33.8 Å². The third-order valence-corrected chi connectivity index (χ3v) is 3.35. The van der Waals surface area contributed by atoms with Crippen molar-refractivity contribution in [3.8, 4) is 11.4 Å². The number of aryl methyl sites for hydroxylation is 1. The van der Waals surface area contributed by atoms with E-state index in [2.05, 4.69) is 44.9 Å². The maximum atomic E-state index is 5.60. The van der Waals surface area contributed by atoms with Crippen LogP contribution in [0.1, 0.15) is 38.8 Å². The van der Waals surface area contributed by atoms with Crippen molar-refractivity contribution in [2.24, 2.45) is 0 Å². The van der Waals surface area contributed by atoms with Crippen molar-refractivity contribution in [1.29, 1.82) is 0 Å². The van der Waals surface area contributed by atoms with Crippen molar-refractivity contribution in [2.45, 2.75) is 39.5 Å². The molecule has 0 N–H and O–H groups in total. The van der Waals surface area contributed by atoms with Crippen LogP contribution in [-0.2, 0) is 11.8 Å². The van der Waals surface area contributed by atoms with E-state index in [0.717, 1.165) is 17.9 Å². The van der Waals surface area contributed by atoms with Crippen LogP contribution in [0.4, 0.5) is 0 Å². The molecule has 0 aliphatic heterocycles. The van der Waals surface area contributed by atoms with E-state index >= 15 is 0 Å². The van der Waals surface area contributed by atoms with E-state index in [4.69, 9.17) is 4.74 Å². The lowest BCUT2D eigenvalue weighted by molar-refractivity contribution is 0.406. The number of hydrogen-bond donors (Lipinski definition) is 0. The number of rotatable bonds is 3. The Morgan fingerprint density at radius 1 is 1.26 bits per heavy atom. The molecule has 0 atom stereocenters. The monoisotopic (exact) mass is 258 g/mol. The van der Waals surface area contributed by atoms with Crippen LogP contribution in [-0.4, -0.2) is 16.9 Å². The molecule has 1 heterocycles. The van der Waals surface area contributed by atoms with Gasteiger partial charge in [-0.25, -0.2) is 4.68 Å². The van der Waals surface area contributed by atoms with Gasteiger partial charge < -0.3 is 4.74 Å². The Morgan fingerprint density at radius 2 is 2.00 bits per heavy atom. The van der Waals surface area contributed by atoms with Crippen LogP contribution in [0, 0.1) is 0 Å². The lowest BCUT2D eigenvalue weighted by Gasteiger charge is -2.23. The Labute approximate surface area is 115 Å². The third kappa shape index (κ3) is 2.65. The summed E-state index contributed by atoms with van der Waals surface area (Å²) in [6, 6.07) is 6.34. The fourth-order valence-corrected chi connectivity index (χ4v) is 2.19. The maximum Gasteiger partial charge on any atom is 0.147 e. The normalized spacial score (nSPS) is 11.6. The largest absolute Gasteiger partial charge is 0.494 e. The van der Waals surface area contributed by atoms with Crippen molar-refractivity contribution in [1.82, 2.24) is 9.78 Å². The fraction of sp³-hybridized carbons (Fsp3) is 0.438. The molecule has 0 aliphatic carbocycles. The number of aromatic nitrogens is 2. The van der Waals surface area contributed by atoms with E-state index in [1.807, 2.05) is 16.9 Å². The summed E-state index contributed by atoms with van der Waals surface area (Å²) >= 11 is 0. The predicted molar refractivity (Wildman–Crippen MR) is 78.2 cm³/mol. The molecule has 3 heteroatoms. The van der Waals surface area contributed by atoms with E-state index in [9.17, 15) is 0 Å². The zero-order chi connectivity index (χ0) is 14.0. The van der Waals surface area contributed by atoms with E-state index in [0.29, 0.717) is 0 Å². The highest BCUT2D eigenvalue weighted by Crippen LogP contribution is 2.34. The molecule has 2 aromatic rings. The molecule has 0 fully saturated rings. The SMILES string of the molecule is CCc1cc(C(C)(C)C)cc(-n2cccn2)c1OC. The summed E-state index contributed by atoms with van der Waals surface area (Å²) in [4.78, 5) is 0. The molecule has 0 saturated carbocycles. The summed E-state index contributed by atoms with van der Waals surface area (Å²) in [6.45, 7) is 8.82. The number of nitrogens with zero attached hydrogens (tertiary/aromatic N) is 2. The summed E-state index contributed by atoms with van der Waals surface area (Å²) in [7, 11) is 1.72. The lowest BCUT2D eigenvalue weighted by Crippen LogP contribution is -2.13. The Morgan fingerprint density at radius 3 is 2.47 bits per heavy atom. The average molecular weight is 258 g/mol. The molecular weight excluding hydrogens is 236 g/mol. The number of ether oxygens (including phenoxy) is 1. The van der Waals surface area contributed by atoms with Crippen molar-refractivity contribution in [3.05, 3.63) is 41.7 Å². The highest BCUT2D eigenvalue weighted by molar-refractivity contribution is 5.55. The topological polar surface area (TPSA) is 27.1 Å². The van der Waals surface area contributed by atoms with Gasteiger partial charge in [0.05, 0.1) is 7.11 Å². The Kier molecular flexibility index (Phi) is 3.65. The Hall–Kier alpha value is -1.77. The van der Waals surface area contributed by atoms with Crippen molar-refractivity contribution < 1.29 is 4.74 Å². The predicted octanol–water partition coefficient (Wildman–Crippen LogP) is 3.74. The Balaban J connectivity index is 2.69. The minimum absolute atomic E-state index is 0.109. The van der Waals surface area contributed by atoms with Crippen molar-refractivity contribution in [3.63, 3.8) is 0 Å². The first-order valence-corrected chi connectivity index (χ1v) is 6.68. The van der Waals surface area contributed by atoms with Gasteiger partial charge in [0, 0.05) is 12.4 Å². The molecule has 0 aliphatic rings. The summed E-state index contributed by atoms with van der Waals surface area (Å²) < 4.78 is 7.47. The first kappa shape index (κ1) is 13.7. The standard InChI is InChI=1S/C16H22N2O/c1-6-12-10-13(16(2,3)4)11-14(15(12)19-5)18-9-7-8-17-18/h7-11H,6H2,1-5H3. The van der Waals surface area contributed by atoms with E-state index < -0.39 is 0 Å². The van der Waals surface area contributed by atoms with Gasteiger partial charge in [-0.15, -0.1) is 0 Å². The molecule has 1 aromatic heterocycles. The highest BCUT2D eigenvalue weighted by atomic mass is 16.5. The van der Waals surface area contributed by atoms with Gasteiger partial charge in [-0.05, 0) is 35.1 Å². The summed E-state index contributed by atoms with van der Waals surface area (Å²) in [5.41, 5.74) is 3.64. The smallest absolute Gasteiger partial charge is 0.147 e. The molecule has 0 amide bonds. The molecule has 102 valence electrons. The first-order valence-electron chi connectivity index (χ1n) is 6.68. The lowest BCUT2D eigenvalue weighted by atomic mass is 9.85. The third-order valence-electron chi connectivity index (χ3n) is 3.35. The Bertz CT molecular complexity index is 551. The summed E-state index contributed by atoms with van der Waals surface area (Å²) in [5, 5.41) is 4.33. The quantitative estimate of drug-likeness (QED) is 0.838. The highest BCUT2D eigenvalue weighted by Gasteiger charge is 2.19. The summed E-state index contributed by atoms with van der Waals surface area (Å²) in [6.07, 6.45) is 4.68. The van der Waals surface area contributed by atoms with Gasteiger partial charge in [0.25, 0.3) is 0 Å². The van der Waals surface area contributed by atoms with Gasteiger partial charge in [0.2, 0.25) is 0 Å². The van der Waals surface area contributed by atoms with Crippen molar-refractivity contribution >= 4 is 0 Å². The molecule has 1 aromatic carbocycles. The molecule has 19 heavy (non-hydrogen) atoms. The molecule has 0 saturated heterocycles. The van der Waals surface area contributed by atoms with Gasteiger partial charge in [-0.3, -0.25) is 0 Å². The molecule has 3 nitrogen and oxygen atoms in total. The zero-order valence-electron chi connectivity index (χ0n) is 12.4. The zero-order valence-corrected chi connectivity index (χ0v) is 12.4. The number of hydrogen-bond acceptors (Lipinski definition) is 2. The van der Waals surface area contributed by atoms with Gasteiger partial charge in [0.15, 0.2) is 0 Å².